The molecule has 2 N–H and O–H groups in total. The summed E-state index contributed by atoms with van der Waals surface area (Å²) in [6, 6.07) is 4.87. The van der Waals surface area contributed by atoms with Gasteiger partial charge < -0.3 is 10.5 Å². The van der Waals surface area contributed by atoms with E-state index in [4.69, 9.17) is 39.5 Å². The number of alkyl halides is 3. The van der Waals surface area contributed by atoms with Crippen LogP contribution in [0.3, 0.4) is 0 Å². The van der Waals surface area contributed by atoms with Gasteiger partial charge >= 0.3 is 6.36 Å². The van der Waals surface area contributed by atoms with Gasteiger partial charge in [0.1, 0.15) is 23.6 Å². The van der Waals surface area contributed by atoms with Gasteiger partial charge in [0.15, 0.2) is 5.70 Å². The molecule has 0 radical (unpaired) electrons. The Morgan fingerprint density at radius 1 is 1.23 bits per heavy atom. The minimum absolute atomic E-state index is 0.0383. The summed E-state index contributed by atoms with van der Waals surface area (Å²) in [6.45, 7) is 0. The van der Waals surface area contributed by atoms with Gasteiger partial charge in [-0.15, -0.1) is 13.2 Å². The Kier molecular flexibility index (Phi) is 5.63. The summed E-state index contributed by atoms with van der Waals surface area (Å²) in [6.07, 6.45) is -3.88. The lowest BCUT2D eigenvalue weighted by Gasteiger charge is -2.10. The van der Waals surface area contributed by atoms with Crippen molar-refractivity contribution < 1.29 is 17.9 Å². The molecule has 114 valence electrons. The van der Waals surface area contributed by atoms with E-state index in [1.54, 1.807) is 6.07 Å². The van der Waals surface area contributed by atoms with Gasteiger partial charge in [0.25, 0.3) is 0 Å². The second-order valence-corrected chi connectivity index (χ2v) is 4.41. The average molecular weight is 349 g/mol. The van der Waals surface area contributed by atoms with Crippen LogP contribution in [0.2, 0.25) is 10.0 Å². The lowest BCUT2D eigenvalue weighted by Crippen LogP contribution is -2.17. The fraction of sp³-hybridized carbons (Fsp3) is 0.0833. The van der Waals surface area contributed by atoms with Crippen molar-refractivity contribution in [1.29, 1.82) is 10.5 Å². The predicted molar refractivity (Wildman–Crippen MR) is 73.2 cm³/mol. The van der Waals surface area contributed by atoms with Gasteiger partial charge in [0.05, 0.1) is 10.0 Å². The average Bonchev–Trinajstić information content (AvgIpc) is 2.39. The molecular formula is C12H5Cl2F3N4O. The summed E-state index contributed by atoms with van der Waals surface area (Å²) in [5, 5.41) is 16.9. The van der Waals surface area contributed by atoms with E-state index in [0.717, 1.165) is 18.3 Å². The first kappa shape index (κ1) is 17.6. The number of rotatable bonds is 3. The van der Waals surface area contributed by atoms with Crippen LogP contribution in [0.15, 0.2) is 28.5 Å². The van der Waals surface area contributed by atoms with Crippen molar-refractivity contribution >= 4 is 29.4 Å². The van der Waals surface area contributed by atoms with E-state index in [2.05, 4.69) is 9.73 Å². The fourth-order valence-corrected chi connectivity index (χ4v) is 1.78. The molecule has 0 bridgehead atoms. The Bertz CT molecular complexity index is 706. The summed E-state index contributed by atoms with van der Waals surface area (Å²) in [7, 11) is 0. The van der Waals surface area contributed by atoms with Crippen LogP contribution in [-0.2, 0) is 0 Å². The second-order valence-electron chi connectivity index (χ2n) is 3.59. The monoisotopic (exact) mass is 348 g/mol. The topological polar surface area (TPSA) is 95.2 Å². The highest BCUT2D eigenvalue weighted by Gasteiger charge is 2.31. The highest BCUT2D eigenvalue weighted by atomic mass is 35.5. The maximum Gasteiger partial charge on any atom is 0.573 e. The second kappa shape index (κ2) is 7.03. The maximum atomic E-state index is 12.1. The molecule has 0 saturated carbocycles. The number of aliphatic imine (C=N–C) groups is 1. The summed E-state index contributed by atoms with van der Waals surface area (Å²) >= 11 is 11.6. The number of allylic oxidation sites excluding steroid dienone is 2. The molecule has 10 heteroatoms. The summed E-state index contributed by atoms with van der Waals surface area (Å²) < 4.78 is 40.0. The highest BCUT2D eigenvalue weighted by Crippen LogP contribution is 2.32. The van der Waals surface area contributed by atoms with Gasteiger partial charge in [0.2, 0.25) is 0 Å². The van der Waals surface area contributed by atoms with Gasteiger partial charge in [-0.2, -0.15) is 10.5 Å². The molecule has 1 aromatic rings. The molecule has 0 unspecified atom stereocenters. The van der Waals surface area contributed by atoms with E-state index in [-0.39, 0.29) is 21.3 Å². The SMILES string of the molecule is N#CC(N)=C(C#N)N=Cc1c(Cl)cc(OC(F)(F)F)cc1Cl. The van der Waals surface area contributed by atoms with Crippen LogP contribution in [0.4, 0.5) is 13.2 Å². The zero-order valence-electron chi connectivity index (χ0n) is 10.4. The third-order valence-electron chi connectivity index (χ3n) is 2.09. The van der Waals surface area contributed by atoms with Gasteiger partial charge in [-0.05, 0) is 12.1 Å². The first-order valence-electron chi connectivity index (χ1n) is 5.26. The Labute approximate surface area is 132 Å². The van der Waals surface area contributed by atoms with E-state index < -0.39 is 17.8 Å². The number of hydrogen-bond acceptors (Lipinski definition) is 5. The van der Waals surface area contributed by atoms with E-state index in [0.29, 0.717) is 0 Å². The van der Waals surface area contributed by atoms with Crippen LogP contribution in [0, 0.1) is 22.7 Å². The molecule has 0 aliphatic rings. The summed E-state index contributed by atoms with van der Waals surface area (Å²) in [4.78, 5) is 3.62. The lowest BCUT2D eigenvalue weighted by atomic mass is 10.2. The summed E-state index contributed by atoms with van der Waals surface area (Å²) in [5.74, 6) is -0.604. The third-order valence-corrected chi connectivity index (χ3v) is 2.72. The van der Waals surface area contributed by atoms with Crippen LogP contribution < -0.4 is 10.5 Å². The van der Waals surface area contributed by atoms with Crippen molar-refractivity contribution in [2.24, 2.45) is 10.7 Å². The lowest BCUT2D eigenvalue weighted by molar-refractivity contribution is -0.274. The fourth-order valence-electron chi connectivity index (χ4n) is 1.22. The first-order chi connectivity index (χ1) is 10.2. The normalized spacial score (nSPS) is 12.5. The minimum Gasteiger partial charge on any atom is -0.406 e. The van der Waals surface area contributed by atoms with Crippen LogP contribution >= 0.6 is 23.2 Å². The number of benzene rings is 1. The first-order valence-corrected chi connectivity index (χ1v) is 6.02. The van der Waals surface area contributed by atoms with Crippen LogP contribution in [-0.4, -0.2) is 12.6 Å². The molecule has 5 nitrogen and oxygen atoms in total. The number of halogens is 5. The smallest absolute Gasteiger partial charge is 0.406 e. The molecule has 0 atom stereocenters. The van der Waals surface area contributed by atoms with Crippen molar-refractivity contribution in [2.45, 2.75) is 6.36 Å². The minimum atomic E-state index is -4.89. The van der Waals surface area contributed by atoms with E-state index >= 15 is 0 Å². The van der Waals surface area contributed by atoms with Crippen molar-refractivity contribution in [1.82, 2.24) is 0 Å². The van der Waals surface area contributed by atoms with E-state index in [1.165, 1.54) is 6.07 Å². The van der Waals surface area contributed by atoms with Gasteiger partial charge in [-0.25, -0.2) is 4.99 Å². The molecule has 0 aliphatic heterocycles. The van der Waals surface area contributed by atoms with Crippen molar-refractivity contribution in [2.75, 3.05) is 0 Å². The third kappa shape index (κ3) is 4.85. The molecule has 0 amide bonds. The zero-order chi connectivity index (χ0) is 16.9. The van der Waals surface area contributed by atoms with Gasteiger partial charge in [0, 0.05) is 11.8 Å². The Balaban J connectivity index is 3.19. The molecule has 0 aromatic heterocycles. The molecule has 0 aliphatic carbocycles. The molecule has 1 rings (SSSR count). The van der Waals surface area contributed by atoms with Crippen molar-refractivity contribution in [3.63, 3.8) is 0 Å². The Morgan fingerprint density at radius 2 is 1.77 bits per heavy atom. The van der Waals surface area contributed by atoms with Gasteiger partial charge in [-0.3, -0.25) is 0 Å². The predicted octanol–water partition coefficient (Wildman–Crippen LogP) is 3.53. The Morgan fingerprint density at radius 3 is 2.18 bits per heavy atom. The Hall–Kier alpha value is -2.42. The molecule has 0 fully saturated rings. The van der Waals surface area contributed by atoms with Crippen LogP contribution in [0.1, 0.15) is 5.56 Å². The largest absolute Gasteiger partial charge is 0.573 e. The van der Waals surface area contributed by atoms with E-state index in [9.17, 15) is 13.2 Å². The van der Waals surface area contributed by atoms with Crippen molar-refractivity contribution in [3.8, 4) is 17.9 Å². The van der Waals surface area contributed by atoms with Crippen LogP contribution in [0.5, 0.6) is 5.75 Å². The number of nitriles is 2. The molecule has 0 spiro atoms. The zero-order valence-corrected chi connectivity index (χ0v) is 12.0. The summed E-state index contributed by atoms with van der Waals surface area (Å²) in [5.41, 5.74) is 4.46. The van der Waals surface area contributed by atoms with E-state index in [1.807, 2.05) is 0 Å². The number of ether oxygens (including phenoxy) is 1. The molecule has 1 aromatic carbocycles. The van der Waals surface area contributed by atoms with Gasteiger partial charge in [-0.1, -0.05) is 23.2 Å². The van der Waals surface area contributed by atoms with Crippen LogP contribution in [0.25, 0.3) is 0 Å². The maximum absolute atomic E-state index is 12.1. The number of nitrogens with two attached hydrogens (primary N) is 1. The molecule has 0 heterocycles. The highest BCUT2D eigenvalue weighted by molar-refractivity contribution is 6.38. The molecule has 0 saturated heterocycles. The molecular weight excluding hydrogens is 344 g/mol. The number of hydrogen-bond donors (Lipinski definition) is 1. The number of nitrogens with zero attached hydrogens (tertiary/aromatic N) is 3. The molecule has 22 heavy (non-hydrogen) atoms. The van der Waals surface area contributed by atoms with Crippen molar-refractivity contribution in [3.05, 3.63) is 39.1 Å². The quantitative estimate of drug-likeness (QED) is 0.667. The standard InChI is InChI=1S/C12H5Cl2F3N4O/c13-8-1-6(22-12(15,16)17)2-9(14)7(8)5-21-11(4-19)10(20)3-18/h1-2,5H,20H2.